The van der Waals surface area contributed by atoms with E-state index in [0.29, 0.717) is 5.92 Å². The first kappa shape index (κ1) is 15.1. The van der Waals surface area contributed by atoms with Crippen LogP contribution < -0.4 is 10.5 Å². The fourth-order valence-corrected chi connectivity index (χ4v) is 1.96. The Hall–Kier alpha value is -0.940. The number of alkyl halides is 3. The molecule has 2 nitrogen and oxygen atoms in total. The zero-order valence-corrected chi connectivity index (χ0v) is 10.4. The van der Waals surface area contributed by atoms with E-state index in [9.17, 15) is 13.2 Å². The Kier molecular flexibility index (Phi) is 4.87. The predicted molar refractivity (Wildman–Crippen MR) is 64.6 cm³/mol. The zero-order chi connectivity index (χ0) is 12.5. The third-order valence-corrected chi connectivity index (χ3v) is 3.16. The smallest absolute Gasteiger partial charge is 0.406 e. The fraction of sp³-hybridized carbons (Fsp3) is 0.500. The molecule has 1 aromatic rings. The summed E-state index contributed by atoms with van der Waals surface area (Å²) in [6, 6.07) is 5.74. The van der Waals surface area contributed by atoms with Crippen LogP contribution in [0, 0.1) is 5.92 Å². The third-order valence-electron chi connectivity index (χ3n) is 3.16. The lowest BCUT2D eigenvalue weighted by Crippen LogP contribution is -2.26. The van der Waals surface area contributed by atoms with E-state index in [2.05, 4.69) is 4.74 Å². The second kappa shape index (κ2) is 5.80. The minimum atomic E-state index is -4.64. The molecule has 0 spiro atoms. The molecule has 0 bridgehead atoms. The van der Waals surface area contributed by atoms with Crippen LogP contribution in [-0.2, 0) is 0 Å². The highest BCUT2D eigenvalue weighted by atomic mass is 35.5. The maximum atomic E-state index is 11.9. The van der Waals surface area contributed by atoms with Gasteiger partial charge in [0, 0.05) is 6.04 Å². The maximum absolute atomic E-state index is 11.9. The Balaban J connectivity index is 0.00000162. The molecule has 1 aliphatic carbocycles. The van der Waals surface area contributed by atoms with Gasteiger partial charge in [0.2, 0.25) is 0 Å². The summed E-state index contributed by atoms with van der Waals surface area (Å²) in [7, 11) is 0. The van der Waals surface area contributed by atoms with Gasteiger partial charge in [0.1, 0.15) is 5.75 Å². The summed E-state index contributed by atoms with van der Waals surface area (Å²) in [5.74, 6) is 0.256. The lowest BCUT2D eigenvalue weighted by Gasteiger charge is -2.31. The van der Waals surface area contributed by atoms with Crippen molar-refractivity contribution in [2.24, 2.45) is 11.7 Å². The maximum Gasteiger partial charge on any atom is 0.573 e. The largest absolute Gasteiger partial charge is 0.573 e. The molecule has 1 aromatic carbocycles. The lowest BCUT2D eigenvalue weighted by atomic mass is 9.78. The molecule has 1 atom stereocenters. The molecular weight excluding hydrogens is 267 g/mol. The summed E-state index contributed by atoms with van der Waals surface area (Å²) in [5, 5.41) is 0. The van der Waals surface area contributed by atoms with Crippen molar-refractivity contribution in [3.8, 4) is 5.75 Å². The molecule has 0 saturated heterocycles. The van der Waals surface area contributed by atoms with Crippen LogP contribution in [0.15, 0.2) is 24.3 Å². The second-order valence-electron chi connectivity index (χ2n) is 4.33. The van der Waals surface area contributed by atoms with Gasteiger partial charge in [-0.25, -0.2) is 0 Å². The zero-order valence-electron chi connectivity index (χ0n) is 9.61. The third kappa shape index (κ3) is 3.78. The van der Waals surface area contributed by atoms with Crippen molar-refractivity contribution in [1.29, 1.82) is 0 Å². The number of hydrogen-bond acceptors (Lipinski definition) is 2. The monoisotopic (exact) mass is 281 g/mol. The molecule has 6 heteroatoms. The summed E-state index contributed by atoms with van der Waals surface area (Å²) >= 11 is 0. The Bertz CT molecular complexity index is 376. The number of benzene rings is 1. The average molecular weight is 282 g/mol. The van der Waals surface area contributed by atoms with Gasteiger partial charge in [-0.05, 0) is 36.5 Å². The van der Waals surface area contributed by atoms with Crippen LogP contribution in [0.3, 0.4) is 0 Å². The fourth-order valence-electron chi connectivity index (χ4n) is 1.96. The van der Waals surface area contributed by atoms with Crippen molar-refractivity contribution in [3.63, 3.8) is 0 Å². The topological polar surface area (TPSA) is 35.2 Å². The van der Waals surface area contributed by atoms with Gasteiger partial charge in [0.25, 0.3) is 0 Å². The van der Waals surface area contributed by atoms with Crippen LogP contribution in [0.4, 0.5) is 13.2 Å². The molecule has 0 aliphatic heterocycles. The molecule has 0 aromatic heterocycles. The molecular formula is C12H15ClF3NO. The number of hydrogen-bond donors (Lipinski definition) is 1. The van der Waals surface area contributed by atoms with E-state index in [1.54, 1.807) is 12.1 Å². The predicted octanol–water partition coefficient (Wildman–Crippen LogP) is 3.81. The van der Waals surface area contributed by atoms with Gasteiger partial charge in [-0.2, -0.15) is 0 Å². The van der Waals surface area contributed by atoms with Crippen molar-refractivity contribution in [2.45, 2.75) is 31.7 Å². The molecule has 2 rings (SSSR count). The molecule has 18 heavy (non-hydrogen) atoms. The lowest BCUT2D eigenvalue weighted by molar-refractivity contribution is -0.274. The SMILES string of the molecule is Cl.N[C@@H](c1ccc(OC(F)(F)F)cc1)C1CCC1. The van der Waals surface area contributed by atoms with Gasteiger partial charge in [0.15, 0.2) is 0 Å². The Labute approximate surface area is 110 Å². The van der Waals surface area contributed by atoms with Crippen molar-refractivity contribution in [2.75, 3.05) is 0 Å². The first-order valence-electron chi connectivity index (χ1n) is 5.57. The number of ether oxygens (including phenoxy) is 1. The van der Waals surface area contributed by atoms with Crippen molar-refractivity contribution in [3.05, 3.63) is 29.8 Å². The minimum Gasteiger partial charge on any atom is -0.406 e. The van der Waals surface area contributed by atoms with Gasteiger partial charge in [-0.3, -0.25) is 0 Å². The van der Waals surface area contributed by atoms with Gasteiger partial charge in [0.05, 0.1) is 0 Å². The van der Waals surface area contributed by atoms with Crippen LogP contribution in [0.1, 0.15) is 30.9 Å². The molecule has 0 radical (unpaired) electrons. The van der Waals surface area contributed by atoms with Gasteiger partial charge >= 0.3 is 6.36 Å². The molecule has 0 amide bonds. The van der Waals surface area contributed by atoms with E-state index in [-0.39, 0.29) is 24.2 Å². The van der Waals surface area contributed by atoms with Crippen molar-refractivity contribution in [1.82, 2.24) is 0 Å². The van der Waals surface area contributed by atoms with Crippen LogP contribution in [0.5, 0.6) is 5.75 Å². The summed E-state index contributed by atoms with van der Waals surface area (Å²) < 4.78 is 39.6. The molecule has 1 aliphatic rings. The summed E-state index contributed by atoms with van der Waals surface area (Å²) in [5.41, 5.74) is 6.88. The van der Waals surface area contributed by atoms with E-state index < -0.39 is 6.36 Å². The van der Waals surface area contributed by atoms with Crippen molar-refractivity contribution >= 4 is 12.4 Å². The average Bonchev–Trinajstić information content (AvgIpc) is 2.13. The van der Waals surface area contributed by atoms with Crippen LogP contribution in [0.2, 0.25) is 0 Å². The molecule has 102 valence electrons. The summed E-state index contributed by atoms with van der Waals surface area (Å²) in [4.78, 5) is 0. The van der Waals surface area contributed by atoms with E-state index >= 15 is 0 Å². The van der Waals surface area contributed by atoms with Crippen LogP contribution in [-0.4, -0.2) is 6.36 Å². The minimum absolute atomic E-state index is 0. The number of rotatable bonds is 3. The highest BCUT2D eigenvalue weighted by molar-refractivity contribution is 5.85. The molecule has 1 fully saturated rings. The molecule has 0 unspecified atom stereocenters. The van der Waals surface area contributed by atoms with E-state index in [0.717, 1.165) is 18.4 Å². The van der Waals surface area contributed by atoms with Crippen LogP contribution >= 0.6 is 12.4 Å². The molecule has 0 heterocycles. The Morgan fingerprint density at radius 1 is 1.17 bits per heavy atom. The van der Waals surface area contributed by atoms with E-state index in [1.165, 1.54) is 18.6 Å². The van der Waals surface area contributed by atoms with Gasteiger partial charge in [-0.15, -0.1) is 25.6 Å². The summed E-state index contributed by atoms with van der Waals surface area (Å²) in [6.45, 7) is 0. The number of halogens is 4. The standard InChI is InChI=1S/C12H14F3NO.ClH/c13-12(14,15)17-10-6-4-9(5-7-10)11(16)8-2-1-3-8;/h4-8,11H,1-3,16H2;1H/t11-;/m1./s1. The first-order valence-corrected chi connectivity index (χ1v) is 5.57. The summed E-state index contributed by atoms with van der Waals surface area (Å²) in [6.07, 6.45) is -1.25. The van der Waals surface area contributed by atoms with Crippen LogP contribution in [0.25, 0.3) is 0 Å². The number of nitrogens with two attached hydrogens (primary N) is 1. The second-order valence-corrected chi connectivity index (χ2v) is 4.33. The Morgan fingerprint density at radius 2 is 1.72 bits per heavy atom. The quantitative estimate of drug-likeness (QED) is 0.914. The highest BCUT2D eigenvalue weighted by Gasteiger charge is 2.31. The first-order chi connectivity index (χ1) is 7.96. The van der Waals surface area contributed by atoms with Gasteiger partial charge in [-0.1, -0.05) is 18.6 Å². The molecule has 1 saturated carbocycles. The van der Waals surface area contributed by atoms with Gasteiger partial charge < -0.3 is 10.5 Å². The van der Waals surface area contributed by atoms with Crippen molar-refractivity contribution < 1.29 is 17.9 Å². The normalized spacial score (nSPS) is 17.6. The highest BCUT2D eigenvalue weighted by Crippen LogP contribution is 2.36. The van der Waals surface area contributed by atoms with E-state index in [1.807, 2.05) is 0 Å². The molecule has 2 N–H and O–H groups in total. The van der Waals surface area contributed by atoms with E-state index in [4.69, 9.17) is 5.73 Å². The Morgan fingerprint density at radius 3 is 2.11 bits per heavy atom.